The minimum Gasteiger partial charge on any atom is -0.497 e. The molecule has 0 aliphatic carbocycles. The van der Waals surface area contributed by atoms with Gasteiger partial charge in [0.2, 0.25) is 0 Å². The van der Waals surface area contributed by atoms with Gasteiger partial charge in [-0.15, -0.1) is 0 Å². The van der Waals surface area contributed by atoms with E-state index in [1.807, 2.05) is 37.3 Å². The number of ether oxygens (including phenoxy) is 1. The van der Waals surface area contributed by atoms with Crippen LogP contribution >= 0.6 is 0 Å². The highest BCUT2D eigenvalue weighted by atomic mass is 16.5. The second kappa shape index (κ2) is 7.48. The topological polar surface area (TPSA) is 57.2 Å². The smallest absolute Gasteiger partial charge is 0.250 e. The fourth-order valence-electron chi connectivity index (χ4n) is 3.20. The summed E-state index contributed by atoms with van der Waals surface area (Å²) in [6.45, 7) is 4.80. The number of nitrogens with zero attached hydrogens (tertiary/aromatic N) is 1. The van der Waals surface area contributed by atoms with Crippen LogP contribution < -0.4 is 10.5 Å². The van der Waals surface area contributed by atoms with E-state index in [2.05, 4.69) is 35.8 Å². The highest BCUT2D eigenvalue weighted by Crippen LogP contribution is 2.29. The number of carbonyl (C=O) groups is 1. The minimum atomic E-state index is -0.402. The summed E-state index contributed by atoms with van der Waals surface area (Å²) in [6, 6.07) is 18.3. The number of aromatic nitrogens is 1. The van der Waals surface area contributed by atoms with Crippen molar-refractivity contribution in [3.05, 3.63) is 77.0 Å². The molecule has 1 aromatic heterocycles. The third-order valence-electron chi connectivity index (χ3n) is 4.74. The number of carbonyl (C=O) groups excluding carboxylic acids is 1. The molecule has 4 nitrogen and oxygen atoms in total. The predicted octanol–water partition coefficient (Wildman–Crippen LogP) is 4.12. The van der Waals surface area contributed by atoms with Gasteiger partial charge in [0.15, 0.2) is 0 Å². The van der Waals surface area contributed by atoms with Crippen molar-refractivity contribution in [1.29, 1.82) is 0 Å². The summed E-state index contributed by atoms with van der Waals surface area (Å²) in [5.41, 5.74) is 11.5. The van der Waals surface area contributed by atoms with Gasteiger partial charge in [0.25, 0.3) is 5.91 Å². The van der Waals surface area contributed by atoms with Crippen molar-refractivity contribution in [3.63, 3.8) is 0 Å². The Labute approximate surface area is 154 Å². The monoisotopic (exact) mass is 348 g/mol. The van der Waals surface area contributed by atoms with Crippen LogP contribution in [-0.2, 0) is 13.0 Å². The van der Waals surface area contributed by atoms with E-state index in [0.29, 0.717) is 5.56 Å². The maximum atomic E-state index is 11.8. The highest BCUT2D eigenvalue weighted by Gasteiger charge is 2.17. The molecule has 0 fully saturated rings. The lowest BCUT2D eigenvalue weighted by molar-refractivity contribution is 0.0999. The van der Waals surface area contributed by atoms with Gasteiger partial charge >= 0.3 is 0 Å². The first-order chi connectivity index (χ1) is 12.5. The number of nitrogens with two attached hydrogens (primary N) is 1. The second-order valence-corrected chi connectivity index (χ2v) is 6.51. The van der Waals surface area contributed by atoms with Crippen molar-refractivity contribution in [1.82, 2.24) is 4.57 Å². The first kappa shape index (κ1) is 17.8. The Bertz CT molecular complexity index is 924. The molecule has 134 valence electrons. The number of methoxy groups -OCH3 is 1. The van der Waals surface area contributed by atoms with Crippen molar-refractivity contribution in [2.75, 3.05) is 7.11 Å². The molecule has 0 atom stereocenters. The summed E-state index contributed by atoms with van der Waals surface area (Å²) in [5, 5.41) is 0. The lowest BCUT2D eigenvalue weighted by Gasteiger charge is -2.13. The van der Waals surface area contributed by atoms with Crippen LogP contribution in [0.15, 0.2) is 54.6 Å². The van der Waals surface area contributed by atoms with Crippen LogP contribution in [-0.4, -0.2) is 17.6 Å². The average Bonchev–Trinajstić information content (AvgIpc) is 2.98. The molecule has 2 N–H and O–H groups in total. The van der Waals surface area contributed by atoms with E-state index >= 15 is 0 Å². The van der Waals surface area contributed by atoms with Crippen molar-refractivity contribution in [2.45, 2.75) is 26.8 Å². The fourth-order valence-corrected chi connectivity index (χ4v) is 3.20. The molecule has 0 saturated heterocycles. The average molecular weight is 348 g/mol. The molecule has 1 amide bonds. The number of hydrogen-bond acceptors (Lipinski definition) is 2. The summed E-state index contributed by atoms with van der Waals surface area (Å²) >= 11 is 0. The summed E-state index contributed by atoms with van der Waals surface area (Å²) in [4.78, 5) is 11.8. The van der Waals surface area contributed by atoms with E-state index in [-0.39, 0.29) is 0 Å². The Balaban J connectivity index is 1.99. The highest BCUT2D eigenvalue weighted by molar-refractivity contribution is 5.95. The summed E-state index contributed by atoms with van der Waals surface area (Å²) in [5.74, 6) is 0.382. The van der Waals surface area contributed by atoms with Crippen LogP contribution in [0.4, 0.5) is 0 Å². The molecule has 0 saturated carbocycles. The van der Waals surface area contributed by atoms with Gasteiger partial charge in [-0.05, 0) is 44.0 Å². The quantitative estimate of drug-likeness (QED) is 0.728. The third-order valence-corrected chi connectivity index (χ3v) is 4.74. The number of hydrogen-bond donors (Lipinski definition) is 1. The molecule has 0 spiro atoms. The molecule has 3 rings (SSSR count). The Morgan fingerprint density at radius 1 is 1.08 bits per heavy atom. The number of amides is 1. The van der Waals surface area contributed by atoms with Crippen molar-refractivity contribution in [2.24, 2.45) is 5.73 Å². The van der Waals surface area contributed by atoms with Gasteiger partial charge in [0.05, 0.1) is 12.7 Å². The van der Waals surface area contributed by atoms with Gasteiger partial charge in [0, 0.05) is 23.5 Å². The Kier molecular flexibility index (Phi) is 5.12. The molecule has 0 bridgehead atoms. The molecule has 2 aromatic carbocycles. The zero-order chi connectivity index (χ0) is 18.7. The summed E-state index contributed by atoms with van der Waals surface area (Å²) in [7, 11) is 1.65. The third kappa shape index (κ3) is 3.64. The van der Waals surface area contributed by atoms with E-state index in [1.54, 1.807) is 7.11 Å². The maximum Gasteiger partial charge on any atom is 0.250 e. The molecule has 4 heteroatoms. The minimum absolute atomic E-state index is 0.402. The van der Waals surface area contributed by atoms with Crippen LogP contribution in [0.5, 0.6) is 5.75 Å². The first-order valence-electron chi connectivity index (χ1n) is 8.69. The zero-order valence-corrected chi connectivity index (χ0v) is 15.5. The Morgan fingerprint density at radius 2 is 1.81 bits per heavy atom. The van der Waals surface area contributed by atoms with E-state index < -0.39 is 5.91 Å². The Hall–Kier alpha value is -3.01. The molecule has 26 heavy (non-hydrogen) atoms. The molecular weight excluding hydrogens is 324 g/mol. The van der Waals surface area contributed by atoms with Crippen LogP contribution in [0.3, 0.4) is 0 Å². The molecule has 3 aromatic rings. The van der Waals surface area contributed by atoms with E-state index in [1.165, 1.54) is 11.1 Å². The van der Waals surface area contributed by atoms with Gasteiger partial charge in [-0.25, -0.2) is 0 Å². The number of rotatable bonds is 6. The second-order valence-electron chi connectivity index (χ2n) is 6.51. The molecule has 0 aliphatic rings. The van der Waals surface area contributed by atoms with Gasteiger partial charge in [0.1, 0.15) is 5.75 Å². The predicted molar refractivity (Wildman–Crippen MR) is 105 cm³/mol. The number of primary amides is 1. The van der Waals surface area contributed by atoms with Crippen molar-refractivity contribution < 1.29 is 9.53 Å². The first-order valence-corrected chi connectivity index (χ1v) is 8.69. The number of benzene rings is 2. The normalized spacial score (nSPS) is 10.7. The molecular formula is C22H24N2O2. The van der Waals surface area contributed by atoms with Gasteiger partial charge in [-0.1, -0.05) is 42.0 Å². The fraction of sp³-hybridized carbons (Fsp3) is 0.227. The zero-order valence-electron chi connectivity index (χ0n) is 15.5. The van der Waals surface area contributed by atoms with Crippen LogP contribution in [0, 0.1) is 13.8 Å². The lowest BCUT2D eigenvalue weighted by atomic mass is 10.1. The van der Waals surface area contributed by atoms with Gasteiger partial charge < -0.3 is 15.0 Å². The van der Waals surface area contributed by atoms with Crippen molar-refractivity contribution >= 4 is 5.91 Å². The van der Waals surface area contributed by atoms with Crippen molar-refractivity contribution in [3.8, 4) is 17.0 Å². The Morgan fingerprint density at radius 3 is 2.46 bits per heavy atom. The van der Waals surface area contributed by atoms with Gasteiger partial charge in [-0.3, -0.25) is 4.79 Å². The largest absolute Gasteiger partial charge is 0.497 e. The van der Waals surface area contributed by atoms with E-state index in [4.69, 9.17) is 10.5 Å². The standard InChI is InChI=1S/C22H24N2O2/c1-15-7-9-17(10-8-15)11-12-24-16(2)20(22(23)25)14-21(24)18-5-4-6-19(13-18)26-3/h4-10,13-14H,11-12H2,1-3H3,(H2,23,25). The van der Waals surface area contributed by atoms with Crippen LogP contribution in [0.1, 0.15) is 27.2 Å². The van der Waals surface area contributed by atoms with E-state index in [0.717, 1.165) is 35.7 Å². The number of aryl methyl sites for hydroxylation is 2. The maximum absolute atomic E-state index is 11.8. The molecule has 0 unspecified atom stereocenters. The van der Waals surface area contributed by atoms with Crippen LogP contribution in [0.2, 0.25) is 0 Å². The summed E-state index contributed by atoms with van der Waals surface area (Å²) < 4.78 is 7.50. The lowest BCUT2D eigenvalue weighted by Crippen LogP contribution is -2.13. The van der Waals surface area contributed by atoms with Gasteiger partial charge in [-0.2, -0.15) is 0 Å². The SMILES string of the molecule is COc1cccc(-c2cc(C(N)=O)c(C)n2CCc2ccc(C)cc2)c1. The van der Waals surface area contributed by atoms with E-state index in [9.17, 15) is 4.79 Å². The summed E-state index contributed by atoms with van der Waals surface area (Å²) in [6.07, 6.45) is 0.880. The molecule has 0 aliphatic heterocycles. The molecule has 1 heterocycles. The van der Waals surface area contributed by atoms with Crippen LogP contribution in [0.25, 0.3) is 11.3 Å². The molecule has 0 radical (unpaired) electrons.